The Kier molecular flexibility index (Phi) is 5.02. The molecule has 1 aliphatic heterocycles. The van der Waals surface area contributed by atoms with Crippen molar-refractivity contribution >= 4 is 40.7 Å². The molecule has 3 aromatic carbocycles. The van der Waals surface area contributed by atoms with Crippen molar-refractivity contribution in [3.8, 4) is 0 Å². The van der Waals surface area contributed by atoms with Crippen LogP contribution in [0.15, 0.2) is 72.8 Å². The van der Waals surface area contributed by atoms with Crippen LogP contribution in [0.2, 0.25) is 0 Å². The van der Waals surface area contributed by atoms with Crippen molar-refractivity contribution in [2.24, 2.45) is 0 Å². The van der Waals surface area contributed by atoms with E-state index in [9.17, 15) is 14.4 Å². The van der Waals surface area contributed by atoms with E-state index in [0.29, 0.717) is 28.1 Å². The normalized spacial score (nSPS) is 14.6. The molecule has 0 atom stereocenters. The average Bonchev–Trinajstić information content (AvgIpc) is 2.73. The van der Waals surface area contributed by atoms with Crippen molar-refractivity contribution in [2.75, 3.05) is 10.2 Å². The lowest BCUT2D eigenvalue weighted by atomic mass is 9.91. The zero-order valence-corrected chi connectivity index (χ0v) is 16.7. The zero-order valence-electron chi connectivity index (χ0n) is 16.7. The summed E-state index contributed by atoms with van der Waals surface area (Å²) in [6.07, 6.45) is 1.77. The van der Waals surface area contributed by atoms with Crippen LogP contribution >= 0.6 is 0 Å². The van der Waals surface area contributed by atoms with Gasteiger partial charge in [0.1, 0.15) is 0 Å². The van der Waals surface area contributed by atoms with Crippen LogP contribution in [0.5, 0.6) is 0 Å². The van der Waals surface area contributed by atoms with Crippen LogP contribution in [0.3, 0.4) is 0 Å². The fourth-order valence-corrected chi connectivity index (χ4v) is 3.45. The van der Waals surface area contributed by atoms with Gasteiger partial charge in [-0.1, -0.05) is 48.0 Å². The molecule has 0 spiro atoms. The number of benzene rings is 3. The summed E-state index contributed by atoms with van der Waals surface area (Å²) in [6, 6.07) is 21.6. The van der Waals surface area contributed by atoms with Crippen molar-refractivity contribution < 1.29 is 14.4 Å². The Balaban J connectivity index is 1.79. The minimum absolute atomic E-state index is 0.148. The number of fused-ring (bicyclic) bond motifs is 1. The van der Waals surface area contributed by atoms with E-state index in [1.807, 2.05) is 37.3 Å². The summed E-state index contributed by atoms with van der Waals surface area (Å²) in [6.45, 7) is 3.40. The number of nitrogens with one attached hydrogen (secondary N) is 1. The van der Waals surface area contributed by atoms with Gasteiger partial charge < -0.3 is 5.32 Å². The zero-order chi connectivity index (χ0) is 21.3. The summed E-state index contributed by atoms with van der Waals surface area (Å²) in [5, 5.41) is 2.72. The Hall–Kier alpha value is -3.99. The highest BCUT2D eigenvalue weighted by atomic mass is 16.2. The Labute approximate surface area is 174 Å². The van der Waals surface area contributed by atoms with Gasteiger partial charge in [-0.05, 0) is 54.5 Å². The fourth-order valence-electron chi connectivity index (χ4n) is 3.45. The summed E-state index contributed by atoms with van der Waals surface area (Å²) >= 11 is 0. The molecule has 5 heteroatoms. The second-order valence-electron chi connectivity index (χ2n) is 7.19. The largest absolute Gasteiger partial charge is 0.326 e. The molecule has 30 heavy (non-hydrogen) atoms. The second-order valence-corrected chi connectivity index (χ2v) is 7.19. The third kappa shape index (κ3) is 3.65. The minimum Gasteiger partial charge on any atom is -0.326 e. The van der Waals surface area contributed by atoms with E-state index < -0.39 is 0 Å². The van der Waals surface area contributed by atoms with Crippen LogP contribution in [-0.2, 0) is 9.59 Å². The van der Waals surface area contributed by atoms with Crippen molar-refractivity contribution in [1.82, 2.24) is 0 Å². The number of hydrogen-bond acceptors (Lipinski definition) is 3. The predicted octanol–water partition coefficient (Wildman–Crippen LogP) is 4.68. The van der Waals surface area contributed by atoms with Crippen LogP contribution in [-0.4, -0.2) is 17.7 Å². The lowest BCUT2D eigenvalue weighted by Gasteiger charge is -2.28. The van der Waals surface area contributed by atoms with Crippen molar-refractivity contribution in [2.45, 2.75) is 13.8 Å². The van der Waals surface area contributed by atoms with E-state index in [2.05, 4.69) is 5.32 Å². The molecular formula is C25H20N2O3. The number of anilines is 2. The molecule has 3 aromatic rings. The van der Waals surface area contributed by atoms with Gasteiger partial charge in [0.2, 0.25) is 5.91 Å². The number of nitrogens with zero attached hydrogens (tertiary/aromatic N) is 1. The Morgan fingerprint density at radius 1 is 0.833 bits per heavy atom. The molecule has 1 heterocycles. The number of hydrogen-bond donors (Lipinski definition) is 1. The first-order valence-corrected chi connectivity index (χ1v) is 9.58. The van der Waals surface area contributed by atoms with Gasteiger partial charge in [-0.3, -0.25) is 14.4 Å². The lowest BCUT2D eigenvalue weighted by Crippen LogP contribution is -2.41. The van der Waals surface area contributed by atoms with Crippen LogP contribution in [0.25, 0.3) is 11.6 Å². The quantitative estimate of drug-likeness (QED) is 0.516. The van der Waals surface area contributed by atoms with Gasteiger partial charge in [0.15, 0.2) is 0 Å². The molecule has 3 amide bonds. The molecular weight excluding hydrogens is 376 g/mol. The van der Waals surface area contributed by atoms with Crippen molar-refractivity contribution in [3.05, 3.63) is 95.1 Å². The maximum Gasteiger partial charge on any atom is 0.265 e. The molecule has 0 unspecified atom stereocenters. The van der Waals surface area contributed by atoms with Crippen LogP contribution in [0.4, 0.5) is 11.4 Å². The standard InChI is InChI=1S/C25H20N2O3/c1-16-7-13-20(14-8-16)27-24(29)22-6-4-3-5-21(22)23(25(27)30)15-18-9-11-19(12-10-18)26-17(2)28/h3-15H,1-2H3,(H,26,28)/b23-15-. The maximum atomic E-state index is 13.4. The van der Waals surface area contributed by atoms with E-state index in [1.165, 1.54) is 11.8 Å². The van der Waals surface area contributed by atoms with E-state index in [1.54, 1.807) is 48.5 Å². The van der Waals surface area contributed by atoms with Gasteiger partial charge >= 0.3 is 0 Å². The van der Waals surface area contributed by atoms with E-state index in [-0.39, 0.29) is 17.7 Å². The highest BCUT2D eigenvalue weighted by molar-refractivity contribution is 6.43. The number of imide groups is 1. The first-order chi connectivity index (χ1) is 14.4. The van der Waals surface area contributed by atoms with Crippen LogP contribution in [0.1, 0.15) is 34.0 Å². The number of carbonyl (C=O) groups is 3. The van der Waals surface area contributed by atoms with Crippen LogP contribution < -0.4 is 10.2 Å². The van der Waals surface area contributed by atoms with Gasteiger partial charge in [-0.2, -0.15) is 0 Å². The third-order valence-corrected chi connectivity index (χ3v) is 4.92. The molecule has 0 aromatic heterocycles. The number of amides is 3. The highest BCUT2D eigenvalue weighted by Crippen LogP contribution is 2.33. The molecule has 148 valence electrons. The minimum atomic E-state index is -0.367. The molecule has 0 saturated heterocycles. The van der Waals surface area contributed by atoms with Gasteiger partial charge in [0.05, 0.1) is 5.69 Å². The lowest BCUT2D eigenvalue weighted by molar-refractivity contribution is -0.114. The molecule has 0 bridgehead atoms. The van der Waals surface area contributed by atoms with E-state index in [0.717, 1.165) is 11.1 Å². The molecule has 4 rings (SSSR count). The molecule has 5 nitrogen and oxygen atoms in total. The summed E-state index contributed by atoms with van der Waals surface area (Å²) in [4.78, 5) is 38.9. The van der Waals surface area contributed by atoms with Gasteiger partial charge in [0.25, 0.3) is 11.8 Å². The Morgan fingerprint density at radius 3 is 2.10 bits per heavy atom. The molecule has 0 saturated carbocycles. The highest BCUT2D eigenvalue weighted by Gasteiger charge is 2.35. The topological polar surface area (TPSA) is 66.5 Å². The molecule has 1 aliphatic rings. The smallest absolute Gasteiger partial charge is 0.265 e. The SMILES string of the molecule is CC(=O)Nc1ccc(/C=C2\C(=O)N(c3ccc(C)cc3)C(=O)c3ccccc32)cc1. The number of aryl methyl sites for hydroxylation is 1. The number of carbonyl (C=O) groups excluding carboxylic acids is 3. The molecule has 1 N–H and O–H groups in total. The average molecular weight is 396 g/mol. The van der Waals surface area contributed by atoms with Crippen molar-refractivity contribution in [3.63, 3.8) is 0 Å². The van der Waals surface area contributed by atoms with Gasteiger partial charge in [-0.15, -0.1) is 0 Å². The molecule has 0 aliphatic carbocycles. The monoisotopic (exact) mass is 396 g/mol. The Bertz CT molecular complexity index is 1180. The summed E-state index contributed by atoms with van der Waals surface area (Å²) in [5.41, 5.74) is 4.60. The fraction of sp³-hybridized carbons (Fsp3) is 0.0800. The second kappa shape index (κ2) is 7.79. The van der Waals surface area contributed by atoms with Crippen molar-refractivity contribution in [1.29, 1.82) is 0 Å². The van der Waals surface area contributed by atoms with Gasteiger partial charge in [0, 0.05) is 23.7 Å². The first kappa shape index (κ1) is 19.3. The third-order valence-electron chi connectivity index (χ3n) is 4.92. The predicted molar refractivity (Wildman–Crippen MR) is 118 cm³/mol. The van der Waals surface area contributed by atoms with Gasteiger partial charge in [-0.25, -0.2) is 4.90 Å². The summed E-state index contributed by atoms with van der Waals surface area (Å²) in [5.74, 6) is -0.851. The molecule has 0 fully saturated rings. The number of rotatable bonds is 3. The Morgan fingerprint density at radius 2 is 1.47 bits per heavy atom. The summed E-state index contributed by atoms with van der Waals surface area (Å²) in [7, 11) is 0. The van der Waals surface area contributed by atoms with E-state index in [4.69, 9.17) is 0 Å². The maximum absolute atomic E-state index is 13.4. The van der Waals surface area contributed by atoms with Crippen LogP contribution in [0, 0.1) is 6.92 Å². The molecule has 0 radical (unpaired) electrons. The summed E-state index contributed by atoms with van der Waals surface area (Å²) < 4.78 is 0. The first-order valence-electron chi connectivity index (χ1n) is 9.58. The van der Waals surface area contributed by atoms with E-state index >= 15 is 0 Å².